The highest BCUT2D eigenvalue weighted by atomic mass is 32.2. The van der Waals surface area contributed by atoms with E-state index in [1.807, 2.05) is 27.7 Å². The number of sulfonamides is 1. The highest BCUT2D eigenvalue weighted by molar-refractivity contribution is 7.94. The van der Waals surface area contributed by atoms with Crippen molar-refractivity contribution in [3.05, 3.63) is 41.8 Å². The molecule has 0 aliphatic rings. The predicted octanol–water partition coefficient (Wildman–Crippen LogP) is 3.60. The van der Waals surface area contributed by atoms with Crippen LogP contribution in [0.1, 0.15) is 27.7 Å². The van der Waals surface area contributed by atoms with Gasteiger partial charge in [0.25, 0.3) is 15.9 Å². The zero-order valence-corrected chi connectivity index (χ0v) is 17.9. The van der Waals surface area contributed by atoms with Crippen molar-refractivity contribution in [3.8, 4) is 5.75 Å². The Bertz CT molecular complexity index is 836. The van der Waals surface area contributed by atoms with Crippen molar-refractivity contribution in [1.82, 2.24) is 4.90 Å². The molecule has 0 unspecified atom stereocenters. The highest BCUT2D eigenvalue weighted by Crippen LogP contribution is 2.26. The number of carbonyl (C=O) groups is 1. The predicted molar refractivity (Wildman–Crippen MR) is 109 cm³/mol. The Morgan fingerprint density at radius 2 is 1.67 bits per heavy atom. The van der Waals surface area contributed by atoms with E-state index in [0.717, 1.165) is 0 Å². The minimum absolute atomic E-state index is 0.0565. The van der Waals surface area contributed by atoms with Crippen LogP contribution in [0.3, 0.4) is 0 Å². The lowest BCUT2D eigenvalue weighted by atomic mass is 10.2. The van der Waals surface area contributed by atoms with Crippen LogP contribution in [0.5, 0.6) is 5.75 Å². The molecule has 2 rings (SSSR count). The fraction of sp³-hybridized carbons (Fsp3) is 0.421. The summed E-state index contributed by atoms with van der Waals surface area (Å²) in [5.74, 6) is 0.433. The van der Waals surface area contributed by atoms with Crippen LogP contribution < -0.4 is 9.04 Å². The maximum atomic E-state index is 12.6. The molecule has 0 spiro atoms. The highest BCUT2D eigenvalue weighted by Gasteiger charge is 2.23. The van der Waals surface area contributed by atoms with Gasteiger partial charge in [-0.1, -0.05) is 6.07 Å². The third-order valence-corrected chi connectivity index (χ3v) is 7.23. The molecule has 0 aliphatic carbocycles. The number of nitrogens with zero attached hydrogens (tertiary/aromatic N) is 2. The van der Waals surface area contributed by atoms with Gasteiger partial charge in [0.15, 0.2) is 6.61 Å². The molecule has 1 heterocycles. The van der Waals surface area contributed by atoms with E-state index >= 15 is 0 Å². The van der Waals surface area contributed by atoms with Gasteiger partial charge in [0, 0.05) is 19.1 Å². The molecule has 0 atom stereocenters. The fourth-order valence-corrected chi connectivity index (χ4v) is 5.18. The van der Waals surface area contributed by atoms with E-state index < -0.39 is 10.0 Å². The quantitative estimate of drug-likeness (QED) is 0.667. The van der Waals surface area contributed by atoms with E-state index in [1.54, 1.807) is 46.7 Å². The molecule has 27 heavy (non-hydrogen) atoms. The van der Waals surface area contributed by atoms with Gasteiger partial charge in [-0.2, -0.15) is 0 Å². The smallest absolute Gasteiger partial charge is 0.273 e. The zero-order valence-electron chi connectivity index (χ0n) is 16.2. The molecule has 1 aromatic carbocycles. The van der Waals surface area contributed by atoms with E-state index in [2.05, 4.69) is 0 Å². The maximum Gasteiger partial charge on any atom is 0.273 e. The van der Waals surface area contributed by atoms with Gasteiger partial charge in [0.2, 0.25) is 0 Å². The summed E-state index contributed by atoms with van der Waals surface area (Å²) in [6, 6.07) is 10.1. The first kappa shape index (κ1) is 21.2. The van der Waals surface area contributed by atoms with E-state index in [-0.39, 0.29) is 24.6 Å². The van der Waals surface area contributed by atoms with E-state index in [9.17, 15) is 13.2 Å². The van der Waals surface area contributed by atoms with Crippen LogP contribution >= 0.6 is 11.3 Å². The van der Waals surface area contributed by atoms with Crippen LogP contribution in [0.2, 0.25) is 0 Å². The SMILES string of the molecule is CC(C)N(C(=O)COc1ccc(N(C)S(=O)(=O)c2cccs2)cc1)C(C)C. The Balaban J connectivity index is 2.04. The van der Waals surface area contributed by atoms with Crippen molar-refractivity contribution in [2.75, 3.05) is 18.0 Å². The van der Waals surface area contributed by atoms with Crippen molar-refractivity contribution in [1.29, 1.82) is 0 Å². The molecular weight excluding hydrogens is 384 g/mol. The van der Waals surface area contributed by atoms with E-state index in [4.69, 9.17) is 4.74 Å². The van der Waals surface area contributed by atoms with Gasteiger partial charge in [0.1, 0.15) is 9.96 Å². The number of thiophene rings is 1. The average molecular weight is 411 g/mol. The first-order valence-electron chi connectivity index (χ1n) is 8.71. The van der Waals surface area contributed by atoms with Crippen LogP contribution in [0.15, 0.2) is 46.0 Å². The number of rotatable bonds is 8. The minimum Gasteiger partial charge on any atom is -0.484 e. The topological polar surface area (TPSA) is 66.9 Å². The lowest BCUT2D eigenvalue weighted by molar-refractivity contribution is -0.136. The molecule has 0 saturated heterocycles. The first-order valence-corrected chi connectivity index (χ1v) is 11.0. The lowest BCUT2D eigenvalue weighted by Crippen LogP contribution is -2.44. The molecular formula is C19H26N2O4S2. The number of carbonyl (C=O) groups excluding carboxylic acids is 1. The second-order valence-corrected chi connectivity index (χ2v) is 9.82. The molecule has 8 heteroatoms. The molecule has 0 aliphatic heterocycles. The summed E-state index contributed by atoms with van der Waals surface area (Å²) < 4.78 is 32.2. The first-order chi connectivity index (χ1) is 12.6. The van der Waals surface area contributed by atoms with Crippen molar-refractivity contribution in [2.24, 2.45) is 0 Å². The average Bonchev–Trinajstić information content (AvgIpc) is 3.14. The van der Waals surface area contributed by atoms with Crippen LogP contribution in [0, 0.1) is 0 Å². The number of amides is 1. The minimum atomic E-state index is -3.57. The van der Waals surface area contributed by atoms with Gasteiger partial charge in [-0.25, -0.2) is 8.42 Å². The lowest BCUT2D eigenvalue weighted by Gasteiger charge is -2.30. The zero-order chi connectivity index (χ0) is 20.2. The summed E-state index contributed by atoms with van der Waals surface area (Å²) >= 11 is 1.18. The Hall–Kier alpha value is -2.06. The Morgan fingerprint density at radius 3 is 2.15 bits per heavy atom. The van der Waals surface area contributed by atoms with Crippen LogP contribution in [-0.4, -0.2) is 45.0 Å². The molecule has 0 saturated carbocycles. The normalized spacial score (nSPS) is 11.7. The van der Waals surface area contributed by atoms with Gasteiger partial charge >= 0.3 is 0 Å². The van der Waals surface area contributed by atoms with Gasteiger partial charge in [-0.05, 0) is 63.4 Å². The summed E-state index contributed by atoms with van der Waals surface area (Å²) in [5, 5.41) is 1.73. The van der Waals surface area contributed by atoms with Crippen molar-refractivity contribution >= 4 is 33.0 Å². The standard InChI is InChI=1S/C19H26N2O4S2/c1-14(2)21(15(3)4)18(22)13-25-17-10-8-16(9-11-17)20(5)27(23,24)19-7-6-12-26-19/h6-12,14-15H,13H2,1-5H3. The van der Waals surface area contributed by atoms with Crippen LogP contribution in [0.25, 0.3) is 0 Å². The largest absolute Gasteiger partial charge is 0.484 e. The summed E-state index contributed by atoms with van der Waals surface area (Å²) in [6.07, 6.45) is 0. The molecule has 0 fully saturated rings. The van der Waals surface area contributed by atoms with E-state index in [0.29, 0.717) is 15.6 Å². The van der Waals surface area contributed by atoms with Crippen molar-refractivity contribution in [2.45, 2.75) is 44.0 Å². The number of benzene rings is 1. The molecule has 0 radical (unpaired) electrons. The van der Waals surface area contributed by atoms with Gasteiger partial charge in [-0.3, -0.25) is 9.10 Å². The third kappa shape index (κ3) is 5.01. The fourth-order valence-electron chi connectivity index (χ4n) is 2.83. The number of hydrogen-bond acceptors (Lipinski definition) is 5. The van der Waals surface area contributed by atoms with Crippen LogP contribution in [-0.2, 0) is 14.8 Å². The third-order valence-electron chi connectivity index (χ3n) is 4.07. The summed E-state index contributed by atoms with van der Waals surface area (Å²) in [6.45, 7) is 7.82. The summed E-state index contributed by atoms with van der Waals surface area (Å²) in [5.41, 5.74) is 0.521. The number of anilines is 1. The second-order valence-electron chi connectivity index (χ2n) is 6.68. The van der Waals surface area contributed by atoms with Crippen LogP contribution in [0.4, 0.5) is 5.69 Å². The van der Waals surface area contributed by atoms with Gasteiger partial charge in [0.05, 0.1) is 5.69 Å². The molecule has 148 valence electrons. The molecule has 6 nitrogen and oxygen atoms in total. The number of hydrogen-bond donors (Lipinski definition) is 0. The second kappa shape index (κ2) is 8.75. The molecule has 2 aromatic rings. The molecule has 1 amide bonds. The van der Waals surface area contributed by atoms with Crippen molar-refractivity contribution in [3.63, 3.8) is 0 Å². The summed E-state index contributed by atoms with van der Waals surface area (Å²) in [4.78, 5) is 14.1. The Labute approximate surface area is 165 Å². The maximum absolute atomic E-state index is 12.6. The molecule has 0 N–H and O–H groups in total. The number of ether oxygens (including phenoxy) is 1. The van der Waals surface area contributed by atoms with Crippen molar-refractivity contribution < 1.29 is 17.9 Å². The molecule has 1 aromatic heterocycles. The van der Waals surface area contributed by atoms with Gasteiger partial charge < -0.3 is 9.64 Å². The Kier molecular flexibility index (Phi) is 6.89. The monoisotopic (exact) mass is 410 g/mol. The molecule has 0 bridgehead atoms. The Morgan fingerprint density at radius 1 is 1.07 bits per heavy atom. The summed E-state index contributed by atoms with van der Waals surface area (Å²) in [7, 11) is -2.06. The van der Waals surface area contributed by atoms with Gasteiger partial charge in [-0.15, -0.1) is 11.3 Å². The van der Waals surface area contributed by atoms with E-state index in [1.165, 1.54) is 22.7 Å².